The van der Waals surface area contributed by atoms with Crippen molar-refractivity contribution in [2.24, 2.45) is 0 Å². The summed E-state index contributed by atoms with van der Waals surface area (Å²) < 4.78 is 12.0. The summed E-state index contributed by atoms with van der Waals surface area (Å²) in [7, 11) is 0. The second kappa shape index (κ2) is 11.4. The van der Waals surface area contributed by atoms with Crippen molar-refractivity contribution in [2.75, 3.05) is 0 Å². The highest BCUT2D eigenvalue weighted by atomic mass is 16.7. The maximum absolute atomic E-state index is 13.2. The molecule has 2 aromatic rings. The molecule has 0 spiro atoms. The Morgan fingerprint density at radius 2 is 0.763 bits per heavy atom. The average molecular weight is 523 g/mol. The van der Waals surface area contributed by atoms with Gasteiger partial charge in [-0.25, -0.2) is 4.79 Å². The minimum atomic E-state index is -0.611. The van der Waals surface area contributed by atoms with Crippen molar-refractivity contribution in [2.45, 2.75) is 144 Å². The molecular weight excluding hydrogens is 468 g/mol. The standard InChI is InChI=1S/C35H54O3/c1-15-29(23-17-25(32(3,4)5)21-26(18-23)33(6,7)8)37-31(36)38-30(16-2)24-19-27(34(9,10)11)22-28(20-24)35(12,13)14/h17-22,29-30H,15-16H2,1-14H3. The van der Waals surface area contributed by atoms with Crippen molar-refractivity contribution >= 4 is 6.16 Å². The van der Waals surface area contributed by atoms with E-state index < -0.39 is 6.16 Å². The molecule has 0 amide bonds. The third-order valence-electron chi connectivity index (χ3n) is 7.34. The fourth-order valence-electron chi connectivity index (χ4n) is 4.44. The lowest BCUT2D eigenvalue weighted by Gasteiger charge is -2.29. The summed E-state index contributed by atoms with van der Waals surface area (Å²) >= 11 is 0. The average Bonchev–Trinajstić information content (AvgIpc) is 2.78. The SMILES string of the molecule is CCC(OC(=O)OC(CC)c1cc(C(C)(C)C)cc(C(C)(C)C)c1)c1cc(C(C)(C)C)cc(C(C)(C)C)c1. The highest BCUT2D eigenvalue weighted by Crippen LogP contribution is 2.36. The van der Waals surface area contributed by atoms with E-state index in [0.717, 1.165) is 11.1 Å². The lowest BCUT2D eigenvalue weighted by Crippen LogP contribution is -2.21. The summed E-state index contributed by atoms with van der Waals surface area (Å²) in [6.45, 7) is 30.8. The summed E-state index contributed by atoms with van der Waals surface area (Å²) in [6, 6.07) is 13.3. The van der Waals surface area contributed by atoms with Crippen LogP contribution in [0.25, 0.3) is 0 Å². The second-order valence-electron chi connectivity index (χ2n) is 15.0. The van der Waals surface area contributed by atoms with Crippen LogP contribution in [0.3, 0.4) is 0 Å². The first-order valence-electron chi connectivity index (χ1n) is 14.4. The Labute approximate surface area is 233 Å². The molecular formula is C35H54O3. The van der Waals surface area contributed by atoms with Gasteiger partial charge >= 0.3 is 6.16 Å². The first kappa shape index (κ1) is 31.9. The molecule has 212 valence electrons. The van der Waals surface area contributed by atoms with Crippen LogP contribution in [-0.4, -0.2) is 6.16 Å². The van der Waals surface area contributed by atoms with E-state index in [2.05, 4.69) is 133 Å². The van der Waals surface area contributed by atoms with Gasteiger partial charge in [-0.05, 0) is 67.9 Å². The Bertz CT molecular complexity index is 946. The Kier molecular flexibility index (Phi) is 9.61. The number of hydrogen-bond donors (Lipinski definition) is 0. The van der Waals surface area contributed by atoms with Gasteiger partial charge in [0.1, 0.15) is 12.2 Å². The van der Waals surface area contributed by atoms with Crippen LogP contribution in [0.1, 0.15) is 155 Å². The van der Waals surface area contributed by atoms with Crippen LogP contribution < -0.4 is 0 Å². The zero-order chi connectivity index (χ0) is 29.3. The molecule has 2 rings (SSSR count). The van der Waals surface area contributed by atoms with Gasteiger partial charge in [0.15, 0.2) is 0 Å². The zero-order valence-corrected chi connectivity index (χ0v) is 26.8. The van der Waals surface area contributed by atoms with Crippen molar-refractivity contribution in [3.63, 3.8) is 0 Å². The molecule has 38 heavy (non-hydrogen) atoms. The zero-order valence-electron chi connectivity index (χ0n) is 26.8. The normalized spacial score (nSPS) is 14.7. The fraction of sp³-hybridized carbons (Fsp3) is 0.629. The molecule has 3 nitrogen and oxygen atoms in total. The summed E-state index contributed by atoms with van der Waals surface area (Å²) in [5.41, 5.74) is 7.00. The summed E-state index contributed by atoms with van der Waals surface area (Å²) in [6.07, 6.45) is 0.0117. The first-order valence-corrected chi connectivity index (χ1v) is 14.4. The number of ether oxygens (including phenoxy) is 2. The topological polar surface area (TPSA) is 35.5 Å². The lowest BCUT2D eigenvalue weighted by molar-refractivity contribution is -0.00528. The molecule has 2 atom stereocenters. The van der Waals surface area contributed by atoms with Crippen molar-refractivity contribution in [3.05, 3.63) is 69.8 Å². The maximum Gasteiger partial charge on any atom is 0.509 e. The first-order chi connectivity index (χ1) is 17.2. The fourth-order valence-corrected chi connectivity index (χ4v) is 4.44. The molecule has 3 heteroatoms. The van der Waals surface area contributed by atoms with E-state index in [1.807, 2.05) is 0 Å². The van der Waals surface area contributed by atoms with Gasteiger partial charge in [-0.2, -0.15) is 0 Å². The van der Waals surface area contributed by atoms with Gasteiger partial charge in [-0.1, -0.05) is 133 Å². The molecule has 0 saturated carbocycles. The molecule has 0 aliphatic rings. The quantitative estimate of drug-likeness (QED) is 0.354. The molecule has 0 aromatic heterocycles. The predicted molar refractivity (Wildman–Crippen MR) is 161 cm³/mol. The van der Waals surface area contributed by atoms with Gasteiger partial charge in [0.2, 0.25) is 0 Å². The number of carbonyl (C=O) groups is 1. The Morgan fingerprint density at radius 3 is 0.947 bits per heavy atom. The number of rotatable bonds is 6. The van der Waals surface area contributed by atoms with Crippen LogP contribution in [0.15, 0.2) is 36.4 Å². The Morgan fingerprint density at radius 1 is 0.526 bits per heavy atom. The minimum Gasteiger partial charge on any atom is -0.426 e. The molecule has 0 radical (unpaired) electrons. The van der Waals surface area contributed by atoms with Crippen molar-refractivity contribution in [1.29, 1.82) is 0 Å². The monoisotopic (exact) mass is 522 g/mol. The summed E-state index contributed by atoms with van der Waals surface area (Å²) in [4.78, 5) is 13.2. The van der Waals surface area contributed by atoms with Gasteiger partial charge in [-0.15, -0.1) is 0 Å². The number of carbonyl (C=O) groups excluding carboxylic acids is 1. The van der Waals surface area contributed by atoms with E-state index in [-0.39, 0.29) is 33.9 Å². The van der Waals surface area contributed by atoms with Crippen LogP contribution >= 0.6 is 0 Å². The van der Waals surface area contributed by atoms with Crippen LogP contribution in [0, 0.1) is 0 Å². The third kappa shape index (κ3) is 8.35. The third-order valence-corrected chi connectivity index (χ3v) is 7.34. The molecule has 2 aromatic carbocycles. The molecule has 0 aliphatic carbocycles. The van der Waals surface area contributed by atoms with Crippen molar-refractivity contribution in [3.8, 4) is 0 Å². The van der Waals surface area contributed by atoms with E-state index in [0.29, 0.717) is 12.8 Å². The molecule has 0 bridgehead atoms. The molecule has 0 heterocycles. The maximum atomic E-state index is 13.2. The lowest BCUT2D eigenvalue weighted by atomic mass is 9.79. The number of hydrogen-bond acceptors (Lipinski definition) is 3. The smallest absolute Gasteiger partial charge is 0.426 e. The molecule has 2 unspecified atom stereocenters. The Balaban J connectivity index is 2.40. The van der Waals surface area contributed by atoms with Crippen molar-refractivity contribution in [1.82, 2.24) is 0 Å². The number of benzene rings is 2. The predicted octanol–water partition coefficient (Wildman–Crippen LogP) is 10.6. The Hall–Kier alpha value is -2.29. The molecule has 0 fully saturated rings. The van der Waals surface area contributed by atoms with Gasteiger partial charge in [0.05, 0.1) is 0 Å². The van der Waals surface area contributed by atoms with Crippen LogP contribution in [0.5, 0.6) is 0 Å². The van der Waals surface area contributed by atoms with Gasteiger partial charge in [0, 0.05) is 0 Å². The summed E-state index contributed by atoms with van der Waals surface area (Å²) in [5, 5.41) is 0. The second-order valence-corrected chi connectivity index (χ2v) is 15.0. The van der Waals surface area contributed by atoms with Gasteiger partial charge in [0.25, 0.3) is 0 Å². The van der Waals surface area contributed by atoms with Crippen molar-refractivity contribution < 1.29 is 14.3 Å². The van der Waals surface area contributed by atoms with E-state index in [9.17, 15) is 4.79 Å². The van der Waals surface area contributed by atoms with E-state index >= 15 is 0 Å². The van der Waals surface area contributed by atoms with Gasteiger partial charge in [-0.3, -0.25) is 0 Å². The summed E-state index contributed by atoms with van der Waals surface area (Å²) in [5.74, 6) is 0. The highest BCUT2D eigenvalue weighted by Gasteiger charge is 2.27. The molecule has 0 N–H and O–H groups in total. The van der Waals surface area contributed by atoms with Gasteiger partial charge < -0.3 is 9.47 Å². The minimum absolute atomic E-state index is 0.00898. The highest BCUT2D eigenvalue weighted by molar-refractivity contribution is 5.61. The largest absolute Gasteiger partial charge is 0.509 e. The molecule has 0 aliphatic heterocycles. The van der Waals surface area contributed by atoms with E-state index in [1.165, 1.54) is 22.3 Å². The molecule has 0 saturated heterocycles. The van der Waals surface area contributed by atoms with E-state index in [1.54, 1.807) is 0 Å². The van der Waals surface area contributed by atoms with Crippen LogP contribution in [0.2, 0.25) is 0 Å². The van der Waals surface area contributed by atoms with E-state index in [4.69, 9.17) is 9.47 Å². The van der Waals surface area contributed by atoms with Crippen LogP contribution in [0.4, 0.5) is 4.79 Å². The van der Waals surface area contributed by atoms with Crippen LogP contribution in [-0.2, 0) is 31.1 Å².